The van der Waals surface area contributed by atoms with Crippen molar-refractivity contribution in [3.05, 3.63) is 94.9 Å². The minimum atomic E-state index is -3.69. The van der Waals surface area contributed by atoms with E-state index in [1.165, 1.54) is 6.08 Å². The highest BCUT2D eigenvalue weighted by molar-refractivity contribution is 7.95. The van der Waals surface area contributed by atoms with Crippen LogP contribution in [0, 0.1) is 0 Å². The Balaban J connectivity index is 1.47. The normalized spacial score (nSPS) is 13.4. The number of sulfonamides is 1. The molecule has 0 bridgehead atoms. The van der Waals surface area contributed by atoms with E-state index in [0.29, 0.717) is 29.3 Å². The number of benzene rings is 3. The zero-order chi connectivity index (χ0) is 24.8. The van der Waals surface area contributed by atoms with Crippen LogP contribution in [0.15, 0.2) is 78.2 Å². The molecule has 0 unspecified atom stereocenters. The fraction of sp³-hybridized carbons (Fsp3) is 0.222. The van der Waals surface area contributed by atoms with Crippen LogP contribution in [-0.4, -0.2) is 39.5 Å². The van der Waals surface area contributed by atoms with Crippen LogP contribution in [0.5, 0.6) is 11.5 Å². The molecule has 1 N–H and O–H groups in total. The summed E-state index contributed by atoms with van der Waals surface area (Å²) in [4.78, 5) is 15.2. The standard InChI is InChI=1S/C27H28N2O5S/c1-33-25-14-15-26(34-2)22(18-25)19-29(24-12-13-24)27(30)21-8-10-23(11-9-21)28-35(31,32)17-16-20-6-4-3-5-7-20/h3-11,14-18,24,28H,12-13,19H2,1-2H3/b17-16+. The molecule has 0 heterocycles. The van der Waals surface area contributed by atoms with E-state index in [-0.39, 0.29) is 11.9 Å². The second-order valence-electron chi connectivity index (χ2n) is 8.28. The van der Waals surface area contributed by atoms with Crippen LogP contribution in [0.2, 0.25) is 0 Å². The van der Waals surface area contributed by atoms with Gasteiger partial charge in [0.15, 0.2) is 0 Å². The van der Waals surface area contributed by atoms with E-state index in [0.717, 1.165) is 29.4 Å². The number of hydrogen-bond donors (Lipinski definition) is 1. The summed E-state index contributed by atoms with van der Waals surface area (Å²) in [5.41, 5.74) is 2.52. The Morgan fingerprint density at radius 2 is 1.71 bits per heavy atom. The summed E-state index contributed by atoms with van der Waals surface area (Å²) in [5, 5.41) is 1.12. The third kappa shape index (κ3) is 6.42. The van der Waals surface area contributed by atoms with E-state index in [1.807, 2.05) is 53.4 Å². The van der Waals surface area contributed by atoms with Gasteiger partial charge in [-0.15, -0.1) is 0 Å². The van der Waals surface area contributed by atoms with Crippen LogP contribution in [0.25, 0.3) is 6.08 Å². The summed E-state index contributed by atoms with van der Waals surface area (Å²) in [6.45, 7) is 0.391. The third-order valence-corrected chi connectivity index (χ3v) is 6.72. The van der Waals surface area contributed by atoms with Gasteiger partial charge in [0.1, 0.15) is 11.5 Å². The molecule has 1 amide bonds. The third-order valence-electron chi connectivity index (χ3n) is 5.71. The van der Waals surface area contributed by atoms with Crippen molar-refractivity contribution in [2.45, 2.75) is 25.4 Å². The Hall–Kier alpha value is -3.78. The molecule has 1 saturated carbocycles. The molecule has 0 radical (unpaired) electrons. The summed E-state index contributed by atoms with van der Waals surface area (Å²) in [6.07, 6.45) is 3.42. The van der Waals surface area contributed by atoms with Gasteiger partial charge in [0, 0.05) is 22.9 Å². The minimum absolute atomic E-state index is 0.115. The molecular weight excluding hydrogens is 464 g/mol. The summed E-state index contributed by atoms with van der Waals surface area (Å²) in [5.74, 6) is 1.27. The number of hydrogen-bond acceptors (Lipinski definition) is 5. The van der Waals surface area contributed by atoms with E-state index in [9.17, 15) is 13.2 Å². The van der Waals surface area contributed by atoms with Crippen LogP contribution < -0.4 is 14.2 Å². The summed E-state index contributed by atoms with van der Waals surface area (Å²) >= 11 is 0. The molecule has 0 aliphatic heterocycles. The van der Waals surface area contributed by atoms with Crippen molar-refractivity contribution >= 4 is 27.7 Å². The van der Waals surface area contributed by atoms with Crippen LogP contribution in [0.3, 0.4) is 0 Å². The molecule has 35 heavy (non-hydrogen) atoms. The van der Waals surface area contributed by atoms with Gasteiger partial charge < -0.3 is 14.4 Å². The molecular formula is C27H28N2O5S. The topological polar surface area (TPSA) is 84.9 Å². The number of methoxy groups -OCH3 is 2. The van der Waals surface area contributed by atoms with Gasteiger partial charge in [0.2, 0.25) is 0 Å². The molecule has 3 aromatic carbocycles. The monoisotopic (exact) mass is 492 g/mol. The number of amides is 1. The lowest BCUT2D eigenvalue weighted by Crippen LogP contribution is -2.32. The van der Waals surface area contributed by atoms with Crippen molar-refractivity contribution in [1.82, 2.24) is 4.90 Å². The first-order chi connectivity index (χ1) is 16.9. The number of carbonyl (C=O) groups is 1. The molecule has 0 atom stereocenters. The smallest absolute Gasteiger partial charge is 0.255 e. The van der Waals surface area contributed by atoms with E-state index < -0.39 is 10.0 Å². The molecule has 3 aromatic rings. The molecule has 7 nitrogen and oxygen atoms in total. The molecule has 1 aliphatic rings. The Morgan fingerprint density at radius 1 is 1.00 bits per heavy atom. The maximum atomic E-state index is 13.3. The van der Waals surface area contributed by atoms with Gasteiger partial charge in [-0.25, -0.2) is 8.42 Å². The second kappa shape index (κ2) is 10.7. The van der Waals surface area contributed by atoms with Gasteiger partial charge in [0.05, 0.1) is 26.2 Å². The van der Waals surface area contributed by atoms with Crippen molar-refractivity contribution < 1.29 is 22.7 Å². The van der Waals surface area contributed by atoms with Crippen molar-refractivity contribution in [2.75, 3.05) is 18.9 Å². The lowest BCUT2D eigenvalue weighted by Gasteiger charge is -2.24. The molecule has 0 spiro atoms. The lowest BCUT2D eigenvalue weighted by molar-refractivity contribution is 0.0728. The fourth-order valence-corrected chi connectivity index (χ4v) is 4.59. The van der Waals surface area contributed by atoms with Crippen LogP contribution in [0.1, 0.15) is 34.3 Å². The van der Waals surface area contributed by atoms with Crippen molar-refractivity contribution in [2.24, 2.45) is 0 Å². The lowest BCUT2D eigenvalue weighted by atomic mass is 10.1. The van der Waals surface area contributed by atoms with Crippen LogP contribution in [-0.2, 0) is 16.6 Å². The van der Waals surface area contributed by atoms with Crippen molar-refractivity contribution in [3.8, 4) is 11.5 Å². The first-order valence-electron chi connectivity index (χ1n) is 11.3. The van der Waals surface area contributed by atoms with Crippen LogP contribution in [0.4, 0.5) is 5.69 Å². The zero-order valence-corrected chi connectivity index (χ0v) is 20.5. The summed E-state index contributed by atoms with van der Waals surface area (Å²) in [6, 6.07) is 21.3. The van der Waals surface area contributed by atoms with Gasteiger partial charge in [-0.2, -0.15) is 0 Å². The first kappa shape index (κ1) is 24.3. The number of anilines is 1. The molecule has 182 valence electrons. The van der Waals surface area contributed by atoms with Crippen LogP contribution >= 0.6 is 0 Å². The van der Waals surface area contributed by atoms with Gasteiger partial charge in [-0.05, 0) is 66.9 Å². The molecule has 4 rings (SSSR count). The largest absolute Gasteiger partial charge is 0.497 e. The summed E-state index contributed by atoms with van der Waals surface area (Å²) in [7, 11) is -0.492. The Morgan fingerprint density at radius 3 is 2.34 bits per heavy atom. The van der Waals surface area contributed by atoms with E-state index in [4.69, 9.17) is 9.47 Å². The molecule has 1 fully saturated rings. The van der Waals surface area contributed by atoms with E-state index in [2.05, 4.69) is 4.72 Å². The average Bonchev–Trinajstić information content (AvgIpc) is 3.72. The number of nitrogens with one attached hydrogen (secondary N) is 1. The molecule has 8 heteroatoms. The maximum absolute atomic E-state index is 13.3. The van der Waals surface area contributed by atoms with E-state index in [1.54, 1.807) is 38.5 Å². The number of rotatable bonds is 10. The van der Waals surface area contributed by atoms with Gasteiger partial charge in [-0.3, -0.25) is 9.52 Å². The number of nitrogens with zero attached hydrogens (tertiary/aromatic N) is 1. The number of carbonyl (C=O) groups excluding carboxylic acids is 1. The van der Waals surface area contributed by atoms with Gasteiger partial charge >= 0.3 is 0 Å². The minimum Gasteiger partial charge on any atom is -0.497 e. The fourth-order valence-electron chi connectivity index (χ4n) is 3.72. The predicted molar refractivity (Wildman–Crippen MR) is 137 cm³/mol. The highest BCUT2D eigenvalue weighted by Crippen LogP contribution is 2.33. The molecule has 1 aliphatic carbocycles. The average molecular weight is 493 g/mol. The van der Waals surface area contributed by atoms with Crippen molar-refractivity contribution in [3.63, 3.8) is 0 Å². The molecule has 0 saturated heterocycles. The molecule has 0 aromatic heterocycles. The Kier molecular flexibility index (Phi) is 7.41. The predicted octanol–water partition coefficient (Wildman–Crippen LogP) is 4.92. The highest BCUT2D eigenvalue weighted by Gasteiger charge is 2.33. The number of ether oxygens (including phenoxy) is 2. The Labute approximate surface area is 206 Å². The highest BCUT2D eigenvalue weighted by atomic mass is 32.2. The van der Waals surface area contributed by atoms with E-state index >= 15 is 0 Å². The SMILES string of the molecule is COc1ccc(OC)c(CN(C(=O)c2ccc(NS(=O)(=O)/C=C/c3ccccc3)cc2)C2CC2)c1. The van der Waals surface area contributed by atoms with Crippen molar-refractivity contribution in [1.29, 1.82) is 0 Å². The Bertz CT molecular complexity index is 1300. The zero-order valence-electron chi connectivity index (χ0n) is 19.7. The summed E-state index contributed by atoms with van der Waals surface area (Å²) < 4.78 is 38.2. The first-order valence-corrected chi connectivity index (χ1v) is 12.8. The second-order valence-corrected chi connectivity index (χ2v) is 9.85. The van der Waals surface area contributed by atoms with Gasteiger partial charge in [0.25, 0.3) is 15.9 Å². The van der Waals surface area contributed by atoms with Gasteiger partial charge in [-0.1, -0.05) is 30.3 Å². The quantitative estimate of drug-likeness (QED) is 0.434. The maximum Gasteiger partial charge on any atom is 0.255 e.